The number of carbonyl (C=O) groups excluding carboxylic acids is 1. The topological polar surface area (TPSA) is 74.8 Å². The molecular formula is C25H25N3O2S. The van der Waals surface area contributed by atoms with Crippen molar-refractivity contribution in [3.05, 3.63) is 98.4 Å². The molecule has 0 fully saturated rings. The summed E-state index contributed by atoms with van der Waals surface area (Å²) in [6.07, 6.45) is 1.47. The molecule has 0 aliphatic heterocycles. The Hall–Kier alpha value is -3.25. The highest BCUT2D eigenvalue weighted by Gasteiger charge is 2.20. The summed E-state index contributed by atoms with van der Waals surface area (Å²) in [5, 5.41) is 3.56. The van der Waals surface area contributed by atoms with Crippen molar-refractivity contribution >= 4 is 27.5 Å². The Bertz CT molecular complexity index is 1250. The van der Waals surface area contributed by atoms with E-state index in [4.69, 9.17) is 0 Å². The van der Waals surface area contributed by atoms with Gasteiger partial charge in [0.2, 0.25) is 0 Å². The number of hydrogen-bond acceptors (Lipinski definition) is 4. The molecule has 158 valence electrons. The number of amides is 1. The van der Waals surface area contributed by atoms with Crippen LogP contribution in [-0.4, -0.2) is 22.4 Å². The van der Waals surface area contributed by atoms with Gasteiger partial charge < -0.3 is 10.3 Å². The zero-order valence-electron chi connectivity index (χ0n) is 17.6. The molecule has 0 aliphatic carbocycles. The van der Waals surface area contributed by atoms with Crippen molar-refractivity contribution in [2.24, 2.45) is 0 Å². The first-order valence-electron chi connectivity index (χ1n) is 10.5. The highest BCUT2D eigenvalue weighted by atomic mass is 32.1. The van der Waals surface area contributed by atoms with Crippen LogP contribution < -0.4 is 10.9 Å². The molecule has 5 nitrogen and oxygen atoms in total. The molecule has 1 amide bonds. The molecule has 2 heterocycles. The van der Waals surface area contributed by atoms with Gasteiger partial charge in [0, 0.05) is 18.9 Å². The van der Waals surface area contributed by atoms with E-state index in [-0.39, 0.29) is 17.4 Å². The van der Waals surface area contributed by atoms with Crippen LogP contribution in [0.5, 0.6) is 0 Å². The van der Waals surface area contributed by atoms with E-state index in [0.29, 0.717) is 39.4 Å². The summed E-state index contributed by atoms with van der Waals surface area (Å²) in [6, 6.07) is 20.1. The molecule has 4 aromatic rings. The Kier molecular flexibility index (Phi) is 6.28. The minimum atomic E-state index is -0.195. The van der Waals surface area contributed by atoms with E-state index in [0.717, 1.165) is 12.0 Å². The van der Waals surface area contributed by atoms with Crippen molar-refractivity contribution < 1.29 is 4.79 Å². The lowest BCUT2D eigenvalue weighted by Gasteiger charge is -2.16. The molecule has 4 rings (SSSR count). The summed E-state index contributed by atoms with van der Waals surface area (Å²) in [5.41, 5.74) is 2.77. The predicted molar refractivity (Wildman–Crippen MR) is 126 cm³/mol. The number of hydrogen-bond donors (Lipinski definition) is 2. The minimum absolute atomic E-state index is 0.154. The molecule has 2 N–H and O–H groups in total. The van der Waals surface area contributed by atoms with Gasteiger partial charge >= 0.3 is 0 Å². The lowest BCUT2D eigenvalue weighted by molar-refractivity contribution is 0.0954. The first kappa shape index (κ1) is 21.0. The van der Waals surface area contributed by atoms with Gasteiger partial charge in [-0.3, -0.25) is 9.59 Å². The highest BCUT2D eigenvalue weighted by molar-refractivity contribution is 7.20. The first-order valence-corrected chi connectivity index (χ1v) is 11.3. The highest BCUT2D eigenvalue weighted by Crippen LogP contribution is 2.27. The Morgan fingerprint density at radius 1 is 1.10 bits per heavy atom. The van der Waals surface area contributed by atoms with Crippen molar-refractivity contribution in [2.75, 3.05) is 6.54 Å². The van der Waals surface area contributed by atoms with Gasteiger partial charge in [-0.2, -0.15) is 0 Å². The number of nitrogens with zero attached hydrogens (tertiary/aromatic N) is 1. The number of aromatic nitrogens is 2. The number of benzene rings is 2. The van der Waals surface area contributed by atoms with E-state index in [1.54, 1.807) is 0 Å². The Morgan fingerprint density at radius 2 is 1.77 bits per heavy atom. The molecule has 0 saturated carbocycles. The van der Waals surface area contributed by atoms with Crippen LogP contribution in [0.4, 0.5) is 0 Å². The minimum Gasteiger partial charge on any atom is -0.351 e. The van der Waals surface area contributed by atoms with Crippen LogP contribution in [0, 0.1) is 6.92 Å². The quantitative estimate of drug-likeness (QED) is 0.441. The maximum atomic E-state index is 12.9. The van der Waals surface area contributed by atoms with Gasteiger partial charge in [-0.25, -0.2) is 4.98 Å². The van der Waals surface area contributed by atoms with Crippen LogP contribution in [0.25, 0.3) is 10.2 Å². The lowest BCUT2D eigenvalue weighted by atomic mass is 9.96. The fourth-order valence-corrected chi connectivity index (χ4v) is 4.91. The zero-order valence-corrected chi connectivity index (χ0v) is 18.5. The van der Waals surface area contributed by atoms with E-state index in [1.807, 2.05) is 55.5 Å². The molecule has 2 aromatic heterocycles. The number of nitrogens with one attached hydrogen (secondary N) is 2. The molecule has 0 bridgehead atoms. The zero-order chi connectivity index (χ0) is 21.8. The third-order valence-electron chi connectivity index (χ3n) is 5.54. The molecular weight excluding hydrogens is 406 g/mol. The van der Waals surface area contributed by atoms with Crippen LogP contribution in [0.15, 0.2) is 65.5 Å². The molecule has 1 unspecified atom stereocenters. The second kappa shape index (κ2) is 9.27. The number of aryl methyl sites for hydroxylation is 1. The molecule has 2 aromatic carbocycles. The maximum Gasteiger partial charge on any atom is 0.261 e. The average Bonchev–Trinajstić information content (AvgIpc) is 3.12. The third kappa shape index (κ3) is 4.59. The Labute approximate surface area is 185 Å². The van der Waals surface area contributed by atoms with E-state index < -0.39 is 0 Å². The van der Waals surface area contributed by atoms with Gasteiger partial charge in [-0.15, -0.1) is 11.3 Å². The summed E-state index contributed by atoms with van der Waals surface area (Å²) >= 11 is 1.28. The van der Waals surface area contributed by atoms with Crippen LogP contribution >= 0.6 is 11.3 Å². The Morgan fingerprint density at radius 3 is 2.45 bits per heavy atom. The van der Waals surface area contributed by atoms with Gasteiger partial charge in [0.05, 0.1) is 10.3 Å². The number of rotatable bonds is 7. The van der Waals surface area contributed by atoms with Crippen LogP contribution in [0.2, 0.25) is 0 Å². The van der Waals surface area contributed by atoms with Crippen molar-refractivity contribution in [3.63, 3.8) is 0 Å². The Balaban J connectivity index is 1.56. The third-order valence-corrected chi connectivity index (χ3v) is 6.73. The van der Waals surface area contributed by atoms with Gasteiger partial charge in [0.1, 0.15) is 10.7 Å². The second-order valence-corrected chi connectivity index (χ2v) is 8.64. The second-order valence-electron chi connectivity index (χ2n) is 7.64. The molecule has 1 atom stereocenters. The first-order chi connectivity index (χ1) is 15.1. The van der Waals surface area contributed by atoms with Crippen LogP contribution in [-0.2, 0) is 6.42 Å². The summed E-state index contributed by atoms with van der Waals surface area (Å²) in [5.74, 6) is 0.699. The van der Waals surface area contributed by atoms with Crippen LogP contribution in [0.3, 0.4) is 0 Å². The SMILES string of the molecule is CCC(CNC(=O)c1sc2nc(Cc3ccccc3)[nH]c(=O)c2c1C)c1ccccc1. The normalized spacial score (nSPS) is 12.1. The largest absolute Gasteiger partial charge is 0.351 e. The van der Waals surface area contributed by atoms with Gasteiger partial charge in [0.15, 0.2) is 0 Å². The van der Waals surface area contributed by atoms with Crippen molar-refractivity contribution in [1.82, 2.24) is 15.3 Å². The molecule has 0 radical (unpaired) electrons. The van der Waals surface area contributed by atoms with E-state index in [1.165, 1.54) is 16.9 Å². The fourth-order valence-electron chi connectivity index (χ4n) is 3.80. The summed E-state index contributed by atoms with van der Waals surface area (Å²) in [7, 11) is 0. The number of carbonyl (C=O) groups is 1. The maximum absolute atomic E-state index is 12.9. The van der Waals surface area contributed by atoms with Crippen molar-refractivity contribution in [2.45, 2.75) is 32.6 Å². The fraction of sp³-hybridized carbons (Fsp3) is 0.240. The smallest absolute Gasteiger partial charge is 0.261 e. The van der Waals surface area contributed by atoms with E-state index in [2.05, 4.69) is 34.3 Å². The molecule has 0 spiro atoms. The molecule has 31 heavy (non-hydrogen) atoms. The van der Waals surface area contributed by atoms with E-state index in [9.17, 15) is 9.59 Å². The molecule has 6 heteroatoms. The summed E-state index contributed by atoms with van der Waals surface area (Å²) in [6.45, 7) is 4.48. The number of H-pyrrole nitrogens is 1. The number of fused-ring (bicyclic) bond motifs is 1. The van der Waals surface area contributed by atoms with Crippen LogP contribution in [0.1, 0.15) is 51.4 Å². The standard InChI is InChI=1S/C25H25N3O2S/c1-3-18(19-12-8-5-9-13-19)15-26-24(30)22-16(2)21-23(29)27-20(28-25(21)31-22)14-17-10-6-4-7-11-17/h4-13,18H,3,14-15H2,1-2H3,(H,26,30)(H,27,28,29). The number of thiophene rings is 1. The summed E-state index contributed by atoms with van der Waals surface area (Å²) < 4.78 is 0. The monoisotopic (exact) mass is 431 g/mol. The summed E-state index contributed by atoms with van der Waals surface area (Å²) in [4.78, 5) is 34.3. The lowest BCUT2D eigenvalue weighted by Crippen LogP contribution is -2.28. The van der Waals surface area contributed by atoms with E-state index >= 15 is 0 Å². The predicted octanol–water partition coefficient (Wildman–Crippen LogP) is 4.81. The van der Waals surface area contributed by atoms with Crippen molar-refractivity contribution in [3.8, 4) is 0 Å². The van der Waals surface area contributed by atoms with Gasteiger partial charge in [0.25, 0.3) is 11.5 Å². The van der Waals surface area contributed by atoms with Gasteiger partial charge in [-0.1, -0.05) is 67.6 Å². The average molecular weight is 432 g/mol. The molecule has 0 aliphatic rings. The number of aromatic amines is 1. The van der Waals surface area contributed by atoms with Gasteiger partial charge in [-0.05, 0) is 30.0 Å². The molecule has 0 saturated heterocycles. The van der Waals surface area contributed by atoms with Crippen molar-refractivity contribution in [1.29, 1.82) is 0 Å².